The van der Waals surface area contributed by atoms with Gasteiger partial charge in [-0.25, -0.2) is 4.79 Å². The number of ether oxygens (including phenoxy) is 1. The van der Waals surface area contributed by atoms with E-state index >= 15 is 0 Å². The van der Waals surface area contributed by atoms with E-state index < -0.39 is 17.7 Å². The quantitative estimate of drug-likeness (QED) is 0.301. The van der Waals surface area contributed by atoms with Gasteiger partial charge in [0.1, 0.15) is 18.2 Å². The van der Waals surface area contributed by atoms with Crippen LogP contribution in [0.5, 0.6) is 0 Å². The second-order valence-electron chi connectivity index (χ2n) is 12.3. The van der Waals surface area contributed by atoms with Crippen molar-refractivity contribution in [3.8, 4) is 0 Å². The summed E-state index contributed by atoms with van der Waals surface area (Å²) in [6, 6.07) is 9.91. The molecule has 1 heterocycles. The lowest BCUT2D eigenvalue weighted by atomic mass is 9.91. The minimum atomic E-state index is -0.654. The first-order chi connectivity index (χ1) is 19.6. The fraction of sp³-hybridized carbons (Fsp3) is 0.710. The Labute approximate surface area is 255 Å². The summed E-state index contributed by atoms with van der Waals surface area (Å²) < 4.78 is 5.49. The zero-order valence-corrected chi connectivity index (χ0v) is 27.0. The van der Waals surface area contributed by atoms with Gasteiger partial charge in [0.25, 0.3) is 0 Å². The molecule has 1 aliphatic carbocycles. The maximum atomic E-state index is 13.5. The Hall–Kier alpha value is -1.91. The van der Waals surface area contributed by atoms with Crippen LogP contribution in [-0.4, -0.2) is 88.7 Å². The highest BCUT2D eigenvalue weighted by Gasteiger charge is 2.29. The molecular weight excluding hydrogens is 556 g/mol. The molecule has 2 fully saturated rings. The van der Waals surface area contributed by atoms with Crippen molar-refractivity contribution in [2.45, 2.75) is 89.9 Å². The lowest BCUT2D eigenvalue weighted by Gasteiger charge is -2.33. The number of carbonyl (C=O) groups is 3. The molecule has 1 atom stereocenters. The third kappa shape index (κ3) is 12.9. The zero-order valence-electron chi connectivity index (χ0n) is 25.4. The second-order valence-corrected chi connectivity index (χ2v) is 14.2. The fourth-order valence-electron chi connectivity index (χ4n) is 5.33. The van der Waals surface area contributed by atoms with Gasteiger partial charge < -0.3 is 15.4 Å². The molecule has 3 amide bonds. The maximum absolute atomic E-state index is 13.5. The molecule has 3 rings (SSSR count). The topological polar surface area (TPSA) is 91.0 Å². The Bertz CT molecular complexity index is 945. The number of likely N-dealkylation sites (tertiary alicyclic amines) is 1. The summed E-state index contributed by atoms with van der Waals surface area (Å²) in [6.07, 6.45) is 9.49. The van der Waals surface area contributed by atoms with Gasteiger partial charge in [0, 0.05) is 31.4 Å². The summed E-state index contributed by atoms with van der Waals surface area (Å²) in [4.78, 5) is 43.1. The number of piperidine rings is 1. The van der Waals surface area contributed by atoms with Gasteiger partial charge in [0.2, 0.25) is 11.8 Å². The highest BCUT2D eigenvalue weighted by Crippen LogP contribution is 2.27. The Balaban J connectivity index is 1.55. The van der Waals surface area contributed by atoms with E-state index in [1.165, 1.54) is 54.3 Å². The molecule has 41 heavy (non-hydrogen) atoms. The van der Waals surface area contributed by atoms with Crippen LogP contribution in [-0.2, 0) is 20.9 Å². The number of benzene rings is 1. The van der Waals surface area contributed by atoms with E-state index in [0.29, 0.717) is 17.5 Å². The summed E-state index contributed by atoms with van der Waals surface area (Å²) >= 11 is 3.19. The second kappa shape index (κ2) is 17.3. The van der Waals surface area contributed by atoms with Crippen LogP contribution in [0.4, 0.5) is 4.79 Å². The first kappa shape index (κ1) is 33.6. The SMILES string of the molecule is CSCN(CC(=O)NC(CSCC1CCCCC1)C(=O)NC1CCN(Cc2ccccc2)CC1)C(=O)OC(C)(C)C. The smallest absolute Gasteiger partial charge is 0.411 e. The first-order valence-corrected chi connectivity index (χ1v) is 17.6. The molecule has 8 nitrogen and oxygen atoms in total. The van der Waals surface area contributed by atoms with Crippen molar-refractivity contribution in [1.29, 1.82) is 0 Å². The lowest BCUT2D eigenvalue weighted by Crippen LogP contribution is -2.54. The number of hydrogen-bond donors (Lipinski definition) is 2. The van der Waals surface area contributed by atoms with Gasteiger partial charge in [-0.05, 0) is 69.9 Å². The number of amides is 3. The zero-order chi connectivity index (χ0) is 29.7. The van der Waals surface area contributed by atoms with Crippen molar-refractivity contribution in [1.82, 2.24) is 20.4 Å². The van der Waals surface area contributed by atoms with Crippen LogP contribution in [0.15, 0.2) is 30.3 Å². The molecular formula is C31H50N4O4S2. The van der Waals surface area contributed by atoms with Gasteiger partial charge in [-0.1, -0.05) is 49.6 Å². The number of carbonyl (C=O) groups excluding carboxylic acids is 3. The number of nitrogens with one attached hydrogen (secondary N) is 2. The predicted molar refractivity (Wildman–Crippen MR) is 170 cm³/mol. The van der Waals surface area contributed by atoms with E-state index in [2.05, 4.69) is 39.8 Å². The summed E-state index contributed by atoms with van der Waals surface area (Å²) in [7, 11) is 0. The van der Waals surface area contributed by atoms with Gasteiger partial charge in [0.05, 0.1) is 5.88 Å². The van der Waals surface area contributed by atoms with Gasteiger partial charge in [-0.2, -0.15) is 11.8 Å². The van der Waals surface area contributed by atoms with Crippen LogP contribution >= 0.6 is 23.5 Å². The van der Waals surface area contributed by atoms with Crippen LogP contribution in [0.3, 0.4) is 0 Å². The Morgan fingerprint density at radius 1 is 1.05 bits per heavy atom. The van der Waals surface area contributed by atoms with E-state index in [1.54, 1.807) is 32.5 Å². The normalized spacial score (nSPS) is 18.0. The summed E-state index contributed by atoms with van der Waals surface area (Å²) in [6.45, 7) is 8.03. The molecule has 2 aliphatic rings. The summed E-state index contributed by atoms with van der Waals surface area (Å²) in [5, 5.41) is 6.18. The molecule has 0 spiro atoms. The molecule has 1 unspecified atom stereocenters. The highest BCUT2D eigenvalue weighted by atomic mass is 32.2. The molecule has 1 saturated heterocycles. The van der Waals surface area contributed by atoms with Crippen LogP contribution in [0.1, 0.15) is 71.3 Å². The highest BCUT2D eigenvalue weighted by molar-refractivity contribution is 7.99. The summed E-state index contributed by atoms with van der Waals surface area (Å²) in [5.74, 6) is 2.07. The largest absolute Gasteiger partial charge is 0.444 e. The van der Waals surface area contributed by atoms with E-state index in [1.807, 2.05) is 12.3 Å². The molecule has 10 heteroatoms. The average molecular weight is 607 g/mol. The number of rotatable bonds is 13. The lowest BCUT2D eigenvalue weighted by molar-refractivity contribution is -0.129. The van der Waals surface area contributed by atoms with E-state index in [0.717, 1.165) is 38.2 Å². The molecule has 0 aromatic heterocycles. The van der Waals surface area contributed by atoms with Crippen molar-refractivity contribution >= 4 is 41.4 Å². The number of thioether (sulfide) groups is 2. The fourth-order valence-corrected chi connectivity index (χ4v) is 7.11. The molecule has 1 aromatic carbocycles. The Kier molecular flexibility index (Phi) is 14.1. The average Bonchev–Trinajstić information content (AvgIpc) is 2.93. The molecule has 1 saturated carbocycles. The van der Waals surface area contributed by atoms with E-state index in [4.69, 9.17) is 4.74 Å². The van der Waals surface area contributed by atoms with Gasteiger partial charge in [-0.15, -0.1) is 11.8 Å². The minimum absolute atomic E-state index is 0.0898. The van der Waals surface area contributed by atoms with Crippen molar-refractivity contribution in [3.63, 3.8) is 0 Å². The predicted octanol–water partition coefficient (Wildman–Crippen LogP) is 5.12. The standard InChI is InChI=1S/C31H50N4O4S2/c1-31(2,3)39-30(38)35(23-40-4)20-28(36)33-27(22-41-21-25-13-9-6-10-14-25)29(37)32-26-15-17-34(18-16-26)19-24-11-7-5-8-12-24/h5,7-8,11-12,25-27H,6,9-10,13-23H2,1-4H3,(H,32,37)(H,33,36). The van der Waals surface area contributed by atoms with Crippen LogP contribution in [0, 0.1) is 5.92 Å². The summed E-state index contributed by atoms with van der Waals surface area (Å²) in [5.41, 5.74) is 0.647. The van der Waals surface area contributed by atoms with E-state index in [9.17, 15) is 14.4 Å². The first-order valence-electron chi connectivity index (χ1n) is 15.0. The van der Waals surface area contributed by atoms with Crippen molar-refractivity contribution in [2.24, 2.45) is 5.92 Å². The Morgan fingerprint density at radius 3 is 2.37 bits per heavy atom. The molecule has 1 aliphatic heterocycles. The monoisotopic (exact) mass is 606 g/mol. The third-order valence-electron chi connectivity index (χ3n) is 7.47. The van der Waals surface area contributed by atoms with Crippen LogP contribution in [0.25, 0.3) is 0 Å². The van der Waals surface area contributed by atoms with Crippen molar-refractivity contribution in [2.75, 3.05) is 43.3 Å². The van der Waals surface area contributed by atoms with Crippen LogP contribution < -0.4 is 10.6 Å². The van der Waals surface area contributed by atoms with Gasteiger partial charge in [0.15, 0.2) is 0 Å². The molecule has 230 valence electrons. The Morgan fingerprint density at radius 2 is 1.73 bits per heavy atom. The number of nitrogens with zero attached hydrogens (tertiary/aromatic N) is 2. The molecule has 0 bridgehead atoms. The third-order valence-corrected chi connectivity index (χ3v) is 9.31. The van der Waals surface area contributed by atoms with Gasteiger partial charge >= 0.3 is 6.09 Å². The maximum Gasteiger partial charge on any atom is 0.411 e. The van der Waals surface area contributed by atoms with Crippen molar-refractivity contribution < 1.29 is 19.1 Å². The van der Waals surface area contributed by atoms with Gasteiger partial charge in [-0.3, -0.25) is 19.4 Å². The number of hydrogen-bond acceptors (Lipinski definition) is 7. The molecule has 0 radical (unpaired) electrons. The molecule has 1 aromatic rings. The van der Waals surface area contributed by atoms with E-state index in [-0.39, 0.29) is 24.4 Å². The molecule has 2 N–H and O–H groups in total. The minimum Gasteiger partial charge on any atom is -0.444 e. The van der Waals surface area contributed by atoms with Crippen LogP contribution in [0.2, 0.25) is 0 Å². The van der Waals surface area contributed by atoms with Crippen molar-refractivity contribution in [3.05, 3.63) is 35.9 Å².